The molecule has 2 N–H and O–H groups in total. The van der Waals surface area contributed by atoms with Gasteiger partial charge in [0.25, 0.3) is 0 Å². The standard InChI is InChI=1S/C14H15BrN2S/c1-10(16)8-11-4-3-7-17-14(11)18-13-6-2-5-12(15)9-13/h2-7,9-10H,8,16H2,1H3. The second kappa shape index (κ2) is 6.36. The van der Waals surface area contributed by atoms with Gasteiger partial charge in [0.05, 0.1) is 0 Å². The van der Waals surface area contributed by atoms with E-state index in [1.165, 1.54) is 10.5 Å². The second-order valence-corrected chi connectivity index (χ2v) is 6.19. The monoisotopic (exact) mass is 322 g/mol. The predicted molar refractivity (Wildman–Crippen MR) is 79.9 cm³/mol. The molecule has 0 bridgehead atoms. The summed E-state index contributed by atoms with van der Waals surface area (Å²) in [5.74, 6) is 0. The number of rotatable bonds is 4. The van der Waals surface area contributed by atoms with Crippen LogP contribution in [0, 0.1) is 0 Å². The van der Waals surface area contributed by atoms with E-state index in [9.17, 15) is 0 Å². The molecule has 0 aliphatic carbocycles. The molecule has 0 fully saturated rings. The average molecular weight is 323 g/mol. The first-order chi connectivity index (χ1) is 8.65. The van der Waals surface area contributed by atoms with Gasteiger partial charge in [-0.3, -0.25) is 0 Å². The molecule has 0 saturated carbocycles. The number of nitrogens with zero attached hydrogens (tertiary/aromatic N) is 1. The Morgan fingerprint density at radius 3 is 2.89 bits per heavy atom. The van der Waals surface area contributed by atoms with Crippen LogP contribution in [0.25, 0.3) is 0 Å². The van der Waals surface area contributed by atoms with E-state index >= 15 is 0 Å². The minimum atomic E-state index is 0.149. The molecule has 2 rings (SSSR count). The van der Waals surface area contributed by atoms with Crippen molar-refractivity contribution in [1.29, 1.82) is 0 Å². The molecule has 0 spiro atoms. The Hall–Kier alpha value is -0.840. The van der Waals surface area contributed by atoms with Crippen LogP contribution in [0.4, 0.5) is 0 Å². The van der Waals surface area contributed by atoms with Crippen molar-refractivity contribution < 1.29 is 0 Å². The SMILES string of the molecule is CC(N)Cc1cccnc1Sc1cccc(Br)c1. The molecule has 1 unspecified atom stereocenters. The van der Waals surface area contributed by atoms with Crippen molar-refractivity contribution in [3.63, 3.8) is 0 Å². The summed E-state index contributed by atoms with van der Waals surface area (Å²) in [4.78, 5) is 5.62. The highest BCUT2D eigenvalue weighted by atomic mass is 79.9. The molecule has 0 radical (unpaired) electrons. The molecular formula is C14H15BrN2S. The fourth-order valence-electron chi connectivity index (χ4n) is 1.66. The topological polar surface area (TPSA) is 38.9 Å². The molecule has 0 aliphatic heterocycles. The molecule has 2 aromatic rings. The Labute approximate surface area is 120 Å². The Bertz CT molecular complexity index is 529. The highest BCUT2D eigenvalue weighted by Crippen LogP contribution is 2.30. The largest absolute Gasteiger partial charge is 0.328 e. The van der Waals surface area contributed by atoms with Gasteiger partial charge >= 0.3 is 0 Å². The van der Waals surface area contributed by atoms with Crippen molar-refractivity contribution in [2.24, 2.45) is 5.73 Å². The normalized spacial score (nSPS) is 12.4. The molecule has 1 heterocycles. The Balaban J connectivity index is 2.23. The van der Waals surface area contributed by atoms with Gasteiger partial charge < -0.3 is 5.73 Å². The summed E-state index contributed by atoms with van der Waals surface area (Å²) in [6.45, 7) is 2.01. The zero-order valence-corrected chi connectivity index (χ0v) is 12.5. The van der Waals surface area contributed by atoms with Crippen LogP contribution < -0.4 is 5.73 Å². The summed E-state index contributed by atoms with van der Waals surface area (Å²) >= 11 is 5.15. The molecular weight excluding hydrogens is 308 g/mol. The van der Waals surface area contributed by atoms with E-state index in [2.05, 4.69) is 39.1 Å². The lowest BCUT2D eigenvalue weighted by Crippen LogP contribution is -2.18. The number of aromatic nitrogens is 1. The van der Waals surface area contributed by atoms with E-state index in [1.807, 2.05) is 31.3 Å². The van der Waals surface area contributed by atoms with E-state index in [4.69, 9.17) is 5.73 Å². The summed E-state index contributed by atoms with van der Waals surface area (Å²) in [7, 11) is 0. The zero-order chi connectivity index (χ0) is 13.0. The Kier molecular flexibility index (Phi) is 4.80. The van der Waals surface area contributed by atoms with Crippen LogP contribution in [0.5, 0.6) is 0 Å². The third-order valence-corrected chi connectivity index (χ3v) is 3.95. The first-order valence-electron chi connectivity index (χ1n) is 5.78. The van der Waals surface area contributed by atoms with Gasteiger partial charge in [0.2, 0.25) is 0 Å². The second-order valence-electron chi connectivity index (χ2n) is 4.21. The lowest BCUT2D eigenvalue weighted by Gasteiger charge is -2.10. The first-order valence-corrected chi connectivity index (χ1v) is 7.39. The summed E-state index contributed by atoms with van der Waals surface area (Å²) in [5, 5.41) is 1.04. The number of nitrogens with two attached hydrogens (primary N) is 1. The van der Waals surface area contributed by atoms with Crippen molar-refractivity contribution in [3.05, 3.63) is 52.6 Å². The number of benzene rings is 1. The van der Waals surface area contributed by atoms with Crippen molar-refractivity contribution in [2.75, 3.05) is 0 Å². The molecule has 0 amide bonds. The van der Waals surface area contributed by atoms with Crippen LogP contribution in [0.15, 0.2) is 57.0 Å². The van der Waals surface area contributed by atoms with E-state index in [1.54, 1.807) is 11.8 Å². The third kappa shape index (κ3) is 3.83. The summed E-state index contributed by atoms with van der Waals surface area (Å²) in [5.41, 5.74) is 7.07. The van der Waals surface area contributed by atoms with Crippen LogP contribution in [-0.4, -0.2) is 11.0 Å². The summed E-state index contributed by atoms with van der Waals surface area (Å²) in [6.07, 6.45) is 2.68. The maximum atomic E-state index is 5.87. The maximum Gasteiger partial charge on any atom is 0.104 e. The van der Waals surface area contributed by atoms with Gasteiger partial charge in [-0.1, -0.05) is 39.8 Å². The lowest BCUT2D eigenvalue weighted by molar-refractivity contribution is 0.722. The molecule has 18 heavy (non-hydrogen) atoms. The average Bonchev–Trinajstić information content (AvgIpc) is 2.31. The van der Waals surface area contributed by atoms with Gasteiger partial charge in [-0.2, -0.15) is 0 Å². The van der Waals surface area contributed by atoms with E-state index in [-0.39, 0.29) is 6.04 Å². The minimum absolute atomic E-state index is 0.149. The third-order valence-electron chi connectivity index (χ3n) is 2.40. The molecule has 2 nitrogen and oxygen atoms in total. The lowest BCUT2D eigenvalue weighted by atomic mass is 10.1. The van der Waals surface area contributed by atoms with Crippen LogP contribution in [0.3, 0.4) is 0 Å². The Morgan fingerprint density at radius 1 is 1.33 bits per heavy atom. The fraction of sp³-hybridized carbons (Fsp3) is 0.214. The highest BCUT2D eigenvalue weighted by Gasteiger charge is 2.07. The number of hydrogen-bond acceptors (Lipinski definition) is 3. The molecule has 0 saturated heterocycles. The highest BCUT2D eigenvalue weighted by molar-refractivity contribution is 9.10. The fourth-order valence-corrected chi connectivity index (χ4v) is 3.16. The van der Waals surface area contributed by atoms with Gasteiger partial charge in [-0.05, 0) is 43.2 Å². The van der Waals surface area contributed by atoms with E-state index in [0.29, 0.717) is 0 Å². The van der Waals surface area contributed by atoms with Gasteiger partial charge in [-0.15, -0.1) is 0 Å². The van der Waals surface area contributed by atoms with Crippen molar-refractivity contribution in [2.45, 2.75) is 29.3 Å². The van der Waals surface area contributed by atoms with Crippen molar-refractivity contribution >= 4 is 27.7 Å². The summed E-state index contributed by atoms with van der Waals surface area (Å²) < 4.78 is 1.08. The maximum absolute atomic E-state index is 5.87. The summed E-state index contributed by atoms with van der Waals surface area (Å²) in [6, 6.07) is 12.4. The Morgan fingerprint density at radius 2 is 2.17 bits per heavy atom. The predicted octanol–water partition coefficient (Wildman–Crippen LogP) is 3.89. The molecule has 94 valence electrons. The van der Waals surface area contributed by atoms with Gasteiger partial charge in [-0.25, -0.2) is 4.98 Å². The van der Waals surface area contributed by atoms with E-state index < -0.39 is 0 Å². The molecule has 0 aliphatic rings. The van der Waals surface area contributed by atoms with Gasteiger partial charge in [0.1, 0.15) is 5.03 Å². The van der Waals surface area contributed by atoms with Crippen LogP contribution in [0.2, 0.25) is 0 Å². The van der Waals surface area contributed by atoms with Crippen molar-refractivity contribution in [3.8, 4) is 0 Å². The molecule has 4 heteroatoms. The smallest absolute Gasteiger partial charge is 0.104 e. The first kappa shape index (κ1) is 13.6. The number of pyridine rings is 1. The molecule has 1 aromatic heterocycles. The quantitative estimate of drug-likeness (QED) is 0.928. The van der Waals surface area contributed by atoms with E-state index in [0.717, 1.165) is 15.9 Å². The van der Waals surface area contributed by atoms with Crippen LogP contribution in [0.1, 0.15) is 12.5 Å². The number of hydrogen-bond donors (Lipinski definition) is 1. The zero-order valence-electron chi connectivity index (χ0n) is 10.1. The van der Waals surface area contributed by atoms with Crippen LogP contribution >= 0.6 is 27.7 Å². The molecule has 1 aromatic carbocycles. The minimum Gasteiger partial charge on any atom is -0.328 e. The van der Waals surface area contributed by atoms with Crippen LogP contribution in [-0.2, 0) is 6.42 Å². The van der Waals surface area contributed by atoms with Crippen molar-refractivity contribution in [1.82, 2.24) is 4.98 Å². The number of halogens is 1. The van der Waals surface area contributed by atoms with Gasteiger partial charge in [0, 0.05) is 21.6 Å². The van der Waals surface area contributed by atoms with Gasteiger partial charge in [0.15, 0.2) is 0 Å². The molecule has 1 atom stereocenters.